The number of pyridine rings is 1. The molecule has 0 atom stereocenters. The number of nitriles is 1. The molecule has 1 heterocycles. The zero-order valence-electron chi connectivity index (χ0n) is 8.18. The Hall–Kier alpha value is -0.750. The van der Waals surface area contributed by atoms with E-state index in [-0.39, 0.29) is 16.0 Å². The van der Waals surface area contributed by atoms with E-state index in [2.05, 4.69) is 9.72 Å². The lowest BCUT2D eigenvalue weighted by Crippen LogP contribution is -2.18. The van der Waals surface area contributed by atoms with Gasteiger partial charge in [-0.1, -0.05) is 0 Å². The fourth-order valence-corrected chi connectivity index (χ4v) is 2.13. The third-order valence-electron chi connectivity index (χ3n) is 1.76. The average molecular weight is 377 g/mol. The molecule has 0 fully saturated rings. The Bertz CT molecular complexity index is 459. The lowest BCUT2D eigenvalue weighted by molar-refractivity contribution is -0.276. The Morgan fingerprint density at radius 2 is 2.18 bits per heavy atom. The van der Waals surface area contributed by atoms with Crippen LogP contribution >= 0.6 is 34.2 Å². The molecule has 0 aliphatic heterocycles. The van der Waals surface area contributed by atoms with E-state index >= 15 is 0 Å². The van der Waals surface area contributed by atoms with Gasteiger partial charge in [-0.25, -0.2) is 4.98 Å². The van der Waals surface area contributed by atoms with E-state index < -0.39 is 12.2 Å². The summed E-state index contributed by atoms with van der Waals surface area (Å²) < 4.78 is 40.0. The summed E-state index contributed by atoms with van der Waals surface area (Å²) in [6.07, 6.45) is -4.75. The zero-order chi connectivity index (χ0) is 13.1. The standard InChI is InChI=1S/C9H5ClF3IN2O/c10-4-5-3-7(17-9(11,12)13)16-8(14)6(5)1-2-15/h3H,1,4H2. The highest BCUT2D eigenvalue weighted by molar-refractivity contribution is 14.1. The summed E-state index contributed by atoms with van der Waals surface area (Å²) in [7, 11) is 0. The highest BCUT2D eigenvalue weighted by Crippen LogP contribution is 2.26. The van der Waals surface area contributed by atoms with Crippen molar-refractivity contribution >= 4 is 34.2 Å². The molecule has 0 bridgehead atoms. The zero-order valence-corrected chi connectivity index (χ0v) is 11.1. The third-order valence-corrected chi connectivity index (χ3v) is 2.94. The third kappa shape index (κ3) is 4.20. The number of halogens is 5. The minimum atomic E-state index is -4.80. The van der Waals surface area contributed by atoms with E-state index in [1.165, 1.54) is 0 Å². The van der Waals surface area contributed by atoms with Gasteiger partial charge in [-0.2, -0.15) is 5.26 Å². The second-order valence-electron chi connectivity index (χ2n) is 2.91. The van der Waals surface area contributed by atoms with Crippen molar-refractivity contribution < 1.29 is 17.9 Å². The predicted molar refractivity (Wildman–Crippen MR) is 62.5 cm³/mol. The largest absolute Gasteiger partial charge is 0.574 e. The van der Waals surface area contributed by atoms with Crippen molar-refractivity contribution in [3.05, 3.63) is 20.9 Å². The van der Waals surface area contributed by atoms with E-state index in [0.717, 1.165) is 6.07 Å². The van der Waals surface area contributed by atoms with Gasteiger partial charge in [0.05, 0.1) is 12.5 Å². The lowest BCUT2D eigenvalue weighted by atomic mass is 10.1. The normalized spacial score (nSPS) is 11.1. The number of aromatic nitrogens is 1. The summed E-state index contributed by atoms with van der Waals surface area (Å²) in [6.45, 7) is 0. The molecule has 92 valence electrons. The first-order chi connectivity index (χ1) is 7.87. The van der Waals surface area contributed by atoms with Gasteiger partial charge < -0.3 is 4.74 Å². The molecule has 0 saturated heterocycles. The molecule has 0 saturated carbocycles. The molecule has 0 spiro atoms. The van der Waals surface area contributed by atoms with Crippen molar-refractivity contribution in [3.8, 4) is 11.9 Å². The molecule has 8 heteroatoms. The van der Waals surface area contributed by atoms with Crippen molar-refractivity contribution in [1.29, 1.82) is 5.26 Å². The number of rotatable bonds is 3. The molecule has 0 unspecified atom stereocenters. The number of nitrogens with zero attached hydrogens (tertiary/aromatic N) is 2. The van der Waals surface area contributed by atoms with Gasteiger partial charge in [0.1, 0.15) is 3.70 Å². The summed E-state index contributed by atoms with van der Waals surface area (Å²) in [6, 6.07) is 2.99. The Balaban J connectivity index is 3.14. The van der Waals surface area contributed by atoms with Crippen molar-refractivity contribution in [2.24, 2.45) is 0 Å². The Morgan fingerprint density at radius 1 is 1.53 bits per heavy atom. The fraction of sp³-hybridized carbons (Fsp3) is 0.333. The molecule has 0 aromatic carbocycles. The molecule has 0 radical (unpaired) electrons. The van der Waals surface area contributed by atoms with Crippen LogP contribution in [0.15, 0.2) is 6.07 Å². The van der Waals surface area contributed by atoms with Crippen LogP contribution in [-0.4, -0.2) is 11.3 Å². The van der Waals surface area contributed by atoms with Crippen LogP contribution in [0.25, 0.3) is 0 Å². The van der Waals surface area contributed by atoms with Crippen LogP contribution in [0.1, 0.15) is 11.1 Å². The Kier molecular flexibility index (Phi) is 4.82. The number of alkyl halides is 4. The second-order valence-corrected chi connectivity index (χ2v) is 4.19. The number of ether oxygens (including phenoxy) is 1. The van der Waals surface area contributed by atoms with Crippen LogP contribution < -0.4 is 4.74 Å². The summed E-state index contributed by atoms with van der Waals surface area (Å²) in [5.74, 6) is -0.580. The average Bonchev–Trinajstić information content (AvgIpc) is 2.19. The van der Waals surface area contributed by atoms with Crippen molar-refractivity contribution in [2.75, 3.05) is 0 Å². The summed E-state index contributed by atoms with van der Waals surface area (Å²) in [5, 5.41) is 8.58. The topological polar surface area (TPSA) is 45.9 Å². The van der Waals surface area contributed by atoms with Gasteiger partial charge in [-0.15, -0.1) is 24.8 Å². The fourth-order valence-electron chi connectivity index (χ4n) is 1.12. The molecule has 3 nitrogen and oxygen atoms in total. The molecule has 1 rings (SSSR count). The maximum atomic E-state index is 12.0. The van der Waals surface area contributed by atoms with E-state index in [1.807, 2.05) is 6.07 Å². The molecule has 0 amide bonds. The van der Waals surface area contributed by atoms with Crippen LogP contribution in [0.4, 0.5) is 13.2 Å². The van der Waals surface area contributed by atoms with Crippen molar-refractivity contribution in [1.82, 2.24) is 4.98 Å². The second kappa shape index (κ2) is 5.73. The van der Waals surface area contributed by atoms with Crippen LogP contribution in [0.5, 0.6) is 5.88 Å². The van der Waals surface area contributed by atoms with Gasteiger partial charge in [-0.3, -0.25) is 0 Å². The van der Waals surface area contributed by atoms with Gasteiger partial charge in [0.25, 0.3) is 0 Å². The molecule has 17 heavy (non-hydrogen) atoms. The number of hydrogen-bond donors (Lipinski definition) is 0. The van der Waals surface area contributed by atoms with Gasteiger partial charge in [0, 0.05) is 17.5 Å². The molecular formula is C9H5ClF3IN2O. The van der Waals surface area contributed by atoms with Gasteiger partial charge in [-0.05, 0) is 28.2 Å². The first-order valence-electron chi connectivity index (χ1n) is 4.24. The van der Waals surface area contributed by atoms with Crippen molar-refractivity contribution in [2.45, 2.75) is 18.7 Å². The van der Waals surface area contributed by atoms with Crippen LogP contribution in [0.3, 0.4) is 0 Å². The van der Waals surface area contributed by atoms with E-state index in [0.29, 0.717) is 11.1 Å². The highest BCUT2D eigenvalue weighted by atomic mass is 127. The van der Waals surface area contributed by atoms with Crippen LogP contribution in [0.2, 0.25) is 0 Å². The quantitative estimate of drug-likeness (QED) is 0.461. The Morgan fingerprint density at radius 3 is 2.65 bits per heavy atom. The minimum absolute atomic E-state index is 0.0102. The number of hydrogen-bond acceptors (Lipinski definition) is 3. The van der Waals surface area contributed by atoms with Crippen molar-refractivity contribution in [3.63, 3.8) is 0 Å². The molecule has 0 N–H and O–H groups in total. The molecular weight excluding hydrogens is 371 g/mol. The smallest absolute Gasteiger partial charge is 0.388 e. The molecule has 1 aromatic rings. The van der Waals surface area contributed by atoms with Gasteiger partial charge >= 0.3 is 6.36 Å². The predicted octanol–water partition coefficient (Wildman–Crippen LogP) is 3.39. The maximum absolute atomic E-state index is 12.0. The first-order valence-corrected chi connectivity index (χ1v) is 5.85. The van der Waals surface area contributed by atoms with E-state index in [4.69, 9.17) is 16.9 Å². The van der Waals surface area contributed by atoms with Gasteiger partial charge in [0.15, 0.2) is 0 Å². The lowest BCUT2D eigenvalue weighted by Gasteiger charge is -2.11. The molecule has 0 aliphatic rings. The van der Waals surface area contributed by atoms with E-state index in [1.54, 1.807) is 22.6 Å². The summed E-state index contributed by atoms with van der Waals surface area (Å²) in [4.78, 5) is 3.62. The maximum Gasteiger partial charge on any atom is 0.574 e. The van der Waals surface area contributed by atoms with Crippen LogP contribution in [-0.2, 0) is 12.3 Å². The first kappa shape index (κ1) is 14.3. The SMILES string of the molecule is N#CCc1c(CCl)cc(OC(F)(F)F)nc1I. The summed E-state index contributed by atoms with van der Waals surface area (Å²) in [5.41, 5.74) is 0.935. The summed E-state index contributed by atoms with van der Waals surface area (Å²) >= 11 is 7.35. The highest BCUT2D eigenvalue weighted by Gasteiger charge is 2.32. The van der Waals surface area contributed by atoms with E-state index in [9.17, 15) is 13.2 Å². The Labute approximate surface area is 114 Å². The van der Waals surface area contributed by atoms with Crippen LogP contribution in [0, 0.1) is 15.0 Å². The minimum Gasteiger partial charge on any atom is -0.388 e. The monoisotopic (exact) mass is 376 g/mol. The molecule has 1 aromatic heterocycles. The van der Waals surface area contributed by atoms with Gasteiger partial charge in [0.2, 0.25) is 5.88 Å². The molecule has 0 aliphatic carbocycles.